The summed E-state index contributed by atoms with van der Waals surface area (Å²) in [5.74, 6) is -0.187. The summed E-state index contributed by atoms with van der Waals surface area (Å²) in [7, 11) is 0. The zero-order chi connectivity index (χ0) is 5.86. The Morgan fingerprint density at radius 2 is 2.00 bits per heavy atom. The first-order valence-electron chi connectivity index (χ1n) is 2.12. The second-order valence-corrected chi connectivity index (χ2v) is 1.58. The van der Waals surface area contributed by atoms with Crippen LogP contribution in [0.5, 0.6) is 0 Å². The Morgan fingerprint density at radius 3 is 2.00 bits per heavy atom. The zero-order valence-electron chi connectivity index (χ0n) is 4.66. The Labute approximate surface area is 43.4 Å². The molecule has 0 atom stereocenters. The fraction of sp³-hybridized carbons (Fsp3) is 0.333. The lowest BCUT2D eigenvalue weighted by molar-refractivity contribution is 0.639. The van der Waals surface area contributed by atoms with Gasteiger partial charge in [0.25, 0.3) is 0 Å². The third-order valence-electron chi connectivity index (χ3n) is 0.445. The average Bonchev–Trinajstić information content (AvgIpc) is 1.27. The molecule has 0 aliphatic heterocycles. The van der Waals surface area contributed by atoms with Gasteiger partial charge in [-0.25, -0.2) is 4.39 Å². The highest BCUT2D eigenvalue weighted by molar-refractivity contribution is 5.12. The van der Waals surface area contributed by atoms with Crippen molar-refractivity contribution in [2.24, 2.45) is 0 Å². The van der Waals surface area contributed by atoms with Gasteiger partial charge < -0.3 is 0 Å². The van der Waals surface area contributed by atoms with Gasteiger partial charge in [0.2, 0.25) is 0 Å². The number of hydrogen-bond acceptors (Lipinski definition) is 0. The molecule has 0 saturated carbocycles. The molecule has 0 heterocycles. The summed E-state index contributed by atoms with van der Waals surface area (Å²) in [5.41, 5.74) is 0.750. The van der Waals surface area contributed by atoms with Gasteiger partial charge in [-0.05, 0) is 19.9 Å². The van der Waals surface area contributed by atoms with Crippen LogP contribution in [-0.2, 0) is 0 Å². The van der Waals surface area contributed by atoms with E-state index in [1.807, 2.05) is 0 Å². The monoisotopic (exact) mass is 100 g/mol. The molecular weight excluding hydrogens is 91.1 g/mol. The molecule has 0 saturated heterocycles. The van der Waals surface area contributed by atoms with Gasteiger partial charge >= 0.3 is 0 Å². The SMILES string of the molecule is C=C(C)C=C(C)F. The first kappa shape index (κ1) is 6.41. The molecule has 1 heteroatoms. The van der Waals surface area contributed by atoms with Gasteiger partial charge in [-0.3, -0.25) is 0 Å². The van der Waals surface area contributed by atoms with Crippen LogP contribution in [0.15, 0.2) is 24.1 Å². The second kappa shape index (κ2) is 2.56. The highest BCUT2D eigenvalue weighted by Crippen LogP contribution is 1.97. The van der Waals surface area contributed by atoms with Crippen LogP contribution in [0.1, 0.15) is 13.8 Å². The molecular formula is C6H9F. The summed E-state index contributed by atoms with van der Waals surface area (Å²) in [4.78, 5) is 0. The van der Waals surface area contributed by atoms with Crippen LogP contribution in [-0.4, -0.2) is 0 Å². The third kappa shape index (κ3) is 5.41. The minimum atomic E-state index is -0.187. The maximum atomic E-state index is 11.8. The van der Waals surface area contributed by atoms with Crippen LogP contribution in [0.3, 0.4) is 0 Å². The van der Waals surface area contributed by atoms with Crippen LogP contribution in [0.4, 0.5) is 4.39 Å². The molecule has 0 aliphatic carbocycles. The maximum absolute atomic E-state index is 11.8. The van der Waals surface area contributed by atoms with Crippen molar-refractivity contribution in [3.63, 3.8) is 0 Å². The van der Waals surface area contributed by atoms with Gasteiger partial charge in [-0.1, -0.05) is 12.2 Å². The molecule has 7 heavy (non-hydrogen) atoms. The molecule has 0 bridgehead atoms. The number of allylic oxidation sites excluding steroid dienone is 3. The lowest BCUT2D eigenvalue weighted by Gasteiger charge is -1.81. The largest absolute Gasteiger partial charge is 0.212 e. The first-order valence-corrected chi connectivity index (χ1v) is 2.12. The van der Waals surface area contributed by atoms with Gasteiger partial charge in [0.15, 0.2) is 0 Å². The maximum Gasteiger partial charge on any atom is 0.0971 e. The van der Waals surface area contributed by atoms with E-state index in [9.17, 15) is 4.39 Å². The molecule has 0 aromatic heterocycles. The zero-order valence-corrected chi connectivity index (χ0v) is 4.66. The van der Waals surface area contributed by atoms with Gasteiger partial charge in [0, 0.05) is 0 Å². The highest BCUT2D eigenvalue weighted by atomic mass is 19.1. The van der Waals surface area contributed by atoms with E-state index < -0.39 is 0 Å². The summed E-state index contributed by atoms with van der Waals surface area (Å²) in [6.45, 7) is 6.63. The Bertz CT molecular complexity index is 96.7. The van der Waals surface area contributed by atoms with Crippen LogP contribution >= 0.6 is 0 Å². The average molecular weight is 100 g/mol. The van der Waals surface area contributed by atoms with Crippen LogP contribution < -0.4 is 0 Å². The predicted molar refractivity (Wildman–Crippen MR) is 29.7 cm³/mol. The summed E-state index contributed by atoms with van der Waals surface area (Å²) in [5, 5.41) is 0. The van der Waals surface area contributed by atoms with Crippen LogP contribution in [0, 0.1) is 0 Å². The number of halogens is 1. The molecule has 0 aromatic rings. The van der Waals surface area contributed by atoms with Crippen molar-refractivity contribution in [3.05, 3.63) is 24.1 Å². The van der Waals surface area contributed by atoms with E-state index in [0.717, 1.165) is 5.57 Å². The summed E-state index contributed by atoms with van der Waals surface area (Å²) < 4.78 is 11.8. The Hall–Kier alpha value is -0.590. The summed E-state index contributed by atoms with van der Waals surface area (Å²) in [6, 6.07) is 0. The van der Waals surface area contributed by atoms with Crippen molar-refractivity contribution in [2.75, 3.05) is 0 Å². The normalized spacial score (nSPS) is 11.6. The quantitative estimate of drug-likeness (QED) is 0.444. The molecule has 40 valence electrons. The molecule has 0 fully saturated rings. The minimum absolute atomic E-state index is 0.187. The molecule has 0 N–H and O–H groups in total. The topological polar surface area (TPSA) is 0 Å². The van der Waals surface area contributed by atoms with E-state index in [1.165, 1.54) is 13.0 Å². The van der Waals surface area contributed by atoms with E-state index in [2.05, 4.69) is 6.58 Å². The number of rotatable bonds is 1. The molecule has 0 radical (unpaired) electrons. The van der Waals surface area contributed by atoms with Crippen molar-refractivity contribution in [2.45, 2.75) is 13.8 Å². The predicted octanol–water partition coefficient (Wildman–Crippen LogP) is 2.44. The first-order chi connectivity index (χ1) is 3.13. The third-order valence-corrected chi connectivity index (χ3v) is 0.445. The molecule has 0 aliphatic rings. The molecule has 0 rings (SSSR count). The van der Waals surface area contributed by atoms with Crippen molar-refractivity contribution in [1.29, 1.82) is 0 Å². The Morgan fingerprint density at radius 1 is 1.57 bits per heavy atom. The summed E-state index contributed by atoms with van der Waals surface area (Å²) in [6.07, 6.45) is 1.39. The molecule has 0 aromatic carbocycles. The summed E-state index contributed by atoms with van der Waals surface area (Å²) >= 11 is 0. The van der Waals surface area contributed by atoms with Gasteiger partial charge in [0.05, 0.1) is 5.83 Å². The minimum Gasteiger partial charge on any atom is -0.212 e. The van der Waals surface area contributed by atoms with E-state index in [1.54, 1.807) is 6.92 Å². The Kier molecular flexibility index (Phi) is 2.34. The standard InChI is InChI=1S/C6H9F/c1-5(2)4-6(3)7/h4H,1H2,2-3H3. The van der Waals surface area contributed by atoms with Crippen molar-refractivity contribution < 1.29 is 4.39 Å². The molecule has 0 spiro atoms. The van der Waals surface area contributed by atoms with Crippen LogP contribution in [0.2, 0.25) is 0 Å². The van der Waals surface area contributed by atoms with Crippen molar-refractivity contribution >= 4 is 0 Å². The van der Waals surface area contributed by atoms with E-state index in [0.29, 0.717) is 0 Å². The van der Waals surface area contributed by atoms with Gasteiger partial charge in [0.1, 0.15) is 0 Å². The second-order valence-electron chi connectivity index (χ2n) is 1.58. The van der Waals surface area contributed by atoms with Gasteiger partial charge in [-0.15, -0.1) is 0 Å². The smallest absolute Gasteiger partial charge is 0.0971 e. The van der Waals surface area contributed by atoms with E-state index >= 15 is 0 Å². The van der Waals surface area contributed by atoms with Crippen molar-refractivity contribution in [3.8, 4) is 0 Å². The lowest BCUT2D eigenvalue weighted by Crippen LogP contribution is -1.62. The van der Waals surface area contributed by atoms with Crippen molar-refractivity contribution in [1.82, 2.24) is 0 Å². The van der Waals surface area contributed by atoms with E-state index in [4.69, 9.17) is 0 Å². The Balaban J connectivity index is 3.68. The molecule has 0 amide bonds. The fourth-order valence-electron chi connectivity index (χ4n) is 0.340. The van der Waals surface area contributed by atoms with E-state index in [-0.39, 0.29) is 5.83 Å². The number of hydrogen-bond donors (Lipinski definition) is 0. The van der Waals surface area contributed by atoms with Gasteiger partial charge in [-0.2, -0.15) is 0 Å². The fourth-order valence-corrected chi connectivity index (χ4v) is 0.340. The molecule has 0 nitrogen and oxygen atoms in total. The van der Waals surface area contributed by atoms with Crippen LogP contribution in [0.25, 0.3) is 0 Å². The highest BCUT2D eigenvalue weighted by Gasteiger charge is 1.78. The lowest BCUT2D eigenvalue weighted by atomic mass is 10.3. The molecule has 0 unspecified atom stereocenters.